The molecule has 1 aliphatic carbocycles. The summed E-state index contributed by atoms with van der Waals surface area (Å²) in [4.78, 5) is 29.3. The van der Waals surface area contributed by atoms with Crippen molar-refractivity contribution in [2.45, 2.75) is 75.8 Å². The van der Waals surface area contributed by atoms with Crippen molar-refractivity contribution in [2.75, 3.05) is 6.61 Å². The Morgan fingerprint density at radius 2 is 1.77 bits per heavy atom. The highest BCUT2D eigenvalue weighted by Gasteiger charge is 2.39. The Morgan fingerprint density at radius 3 is 2.43 bits per heavy atom. The molecule has 3 N–H and O–H groups in total. The monoisotopic (exact) mass is 641 g/mol. The summed E-state index contributed by atoms with van der Waals surface area (Å²) in [5, 5.41) is 23.0. The minimum Gasteiger partial charge on any atom is -0.369 e. The van der Waals surface area contributed by atoms with Crippen LogP contribution in [0.1, 0.15) is 72.4 Å². The molecule has 19 heteroatoms. The zero-order valence-electron chi connectivity index (χ0n) is 22.7. The number of amides is 2. The average Bonchev–Trinajstić information content (AvgIpc) is 3.56. The molecule has 1 aliphatic rings. The molecule has 3 aromatic heterocycles. The van der Waals surface area contributed by atoms with E-state index in [4.69, 9.17) is 0 Å². The molecule has 242 valence electrons. The van der Waals surface area contributed by atoms with Crippen LogP contribution in [0.2, 0.25) is 0 Å². The Bertz CT molecular complexity index is 1450. The van der Waals surface area contributed by atoms with Crippen molar-refractivity contribution < 1.29 is 54.6 Å². The number of carbonyl (C=O) groups is 2. The molecular weight excluding hydrogens is 614 g/mol. The third-order valence-corrected chi connectivity index (χ3v) is 6.93. The minimum absolute atomic E-state index is 0.00480. The van der Waals surface area contributed by atoms with Gasteiger partial charge in [0.2, 0.25) is 11.8 Å². The van der Waals surface area contributed by atoms with Gasteiger partial charge in [0.1, 0.15) is 0 Å². The quantitative estimate of drug-likeness (QED) is 0.211. The minimum atomic E-state index is -4.83. The fourth-order valence-corrected chi connectivity index (χ4v) is 4.68. The van der Waals surface area contributed by atoms with E-state index >= 15 is 0 Å². The molecule has 2 atom stereocenters. The third-order valence-electron chi connectivity index (χ3n) is 6.93. The van der Waals surface area contributed by atoms with Crippen LogP contribution in [-0.2, 0) is 16.1 Å². The number of halogens is 8. The predicted molar refractivity (Wildman–Crippen MR) is 133 cm³/mol. The lowest BCUT2D eigenvalue weighted by Crippen LogP contribution is -2.37. The average molecular weight is 642 g/mol. The summed E-state index contributed by atoms with van der Waals surface area (Å²) >= 11 is 0. The predicted octanol–water partition coefficient (Wildman–Crippen LogP) is 4.21. The van der Waals surface area contributed by atoms with Crippen molar-refractivity contribution in [1.29, 1.82) is 0 Å². The van der Waals surface area contributed by atoms with Gasteiger partial charge >= 0.3 is 12.5 Å². The maximum Gasteiger partial charge on any atom is 0.522 e. The molecule has 3 aromatic rings. The van der Waals surface area contributed by atoms with Crippen molar-refractivity contribution in [3.05, 3.63) is 47.7 Å². The van der Waals surface area contributed by atoms with Crippen molar-refractivity contribution in [1.82, 2.24) is 35.0 Å². The number of nitrogens with zero attached hydrogens (tertiary/aromatic N) is 5. The van der Waals surface area contributed by atoms with Gasteiger partial charge in [0.15, 0.2) is 11.9 Å². The molecule has 0 spiro atoms. The van der Waals surface area contributed by atoms with E-state index in [1.165, 1.54) is 23.0 Å². The number of nitrogens with one attached hydrogen (secondary N) is 2. The van der Waals surface area contributed by atoms with Gasteiger partial charge in [-0.25, -0.2) is 18.3 Å². The lowest BCUT2D eigenvalue weighted by atomic mass is 9.81. The number of hydrogen-bond donors (Lipinski definition) is 3. The zero-order chi connectivity index (χ0) is 32.3. The molecule has 11 nitrogen and oxygen atoms in total. The van der Waals surface area contributed by atoms with Crippen LogP contribution >= 0.6 is 0 Å². The Balaban J connectivity index is 1.51. The molecule has 3 heterocycles. The second kappa shape index (κ2) is 13.0. The summed E-state index contributed by atoms with van der Waals surface area (Å²) < 4.78 is 108. The van der Waals surface area contributed by atoms with Gasteiger partial charge in [-0.05, 0) is 24.8 Å². The fourth-order valence-electron chi connectivity index (χ4n) is 4.68. The topological polar surface area (TPSA) is 136 Å². The molecule has 0 unspecified atom stereocenters. The molecule has 4 rings (SSSR count). The summed E-state index contributed by atoms with van der Waals surface area (Å²) in [5.41, 5.74) is 0.304. The van der Waals surface area contributed by atoms with Gasteiger partial charge in [-0.1, -0.05) is 0 Å². The molecule has 1 fully saturated rings. The number of alkyl halides is 8. The highest BCUT2D eigenvalue weighted by atomic mass is 19.4. The second-order valence-electron chi connectivity index (χ2n) is 10.3. The first-order chi connectivity index (χ1) is 20.5. The highest BCUT2D eigenvalue weighted by molar-refractivity contribution is 5.94. The highest BCUT2D eigenvalue weighted by Crippen LogP contribution is 2.41. The van der Waals surface area contributed by atoms with Gasteiger partial charge in [-0.15, -0.1) is 13.2 Å². The van der Waals surface area contributed by atoms with Gasteiger partial charge < -0.3 is 15.7 Å². The van der Waals surface area contributed by atoms with Gasteiger partial charge in [0, 0.05) is 31.0 Å². The maximum absolute atomic E-state index is 13.9. The Labute approximate surface area is 243 Å². The fraction of sp³-hybridized carbons (Fsp3) is 0.560. The summed E-state index contributed by atoms with van der Waals surface area (Å²) in [6, 6.07) is 0.388. The van der Waals surface area contributed by atoms with Crippen molar-refractivity contribution in [3.8, 4) is 0 Å². The number of aromatic nitrogens is 5. The second-order valence-corrected chi connectivity index (χ2v) is 10.3. The van der Waals surface area contributed by atoms with E-state index < -0.39 is 80.8 Å². The van der Waals surface area contributed by atoms with Gasteiger partial charge in [0.05, 0.1) is 55.5 Å². The van der Waals surface area contributed by atoms with Crippen LogP contribution in [0.5, 0.6) is 0 Å². The first kappa shape index (κ1) is 33.0. The van der Waals surface area contributed by atoms with Gasteiger partial charge in [-0.3, -0.25) is 19.0 Å². The van der Waals surface area contributed by atoms with E-state index in [0.29, 0.717) is 0 Å². The number of imidazole rings is 1. The standard InChI is InChI=1S/C25H27F8N7O4/c26-23(27)4-1-14(2-5-23)20(38-22(43)16-11-34-39(12-16)7-8-44-25(31,32)33)17-13-40-18(36-17)9-15(10-35-40)21(42)37-19(41)3-6-24(28,29)30/h9-14,20-21,42H,1-8H2,(H,37,41)(H,38,43)/t20-,21+/m0/s1. The van der Waals surface area contributed by atoms with Crippen LogP contribution in [0.3, 0.4) is 0 Å². The lowest BCUT2D eigenvalue weighted by molar-refractivity contribution is -0.325. The Kier molecular flexibility index (Phi) is 9.77. The zero-order valence-corrected chi connectivity index (χ0v) is 22.7. The molecule has 0 radical (unpaired) electrons. The molecule has 0 bridgehead atoms. The number of aliphatic hydroxyl groups excluding tert-OH is 1. The number of hydrogen-bond acceptors (Lipinski definition) is 7. The number of ether oxygens (including phenoxy) is 1. The number of carbonyl (C=O) groups excluding carboxylic acids is 2. The number of rotatable bonds is 11. The Morgan fingerprint density at radius 1 is 1.07 bits per heavy atom. The molecule has 1 saturated carbocycles. The molecule has 0 saturated heterocycles. The molecule has 2 amide bonds. The van der Waals surface area contributed by atoms with E-state index in [1.54, 1.807) is 0 Å². The third kappa shape index (κ3) is 9.31. The SMILES string of the molecule is O=C(CCC(F)(F)F)N[C@H](O)c1cnn2cc([C@@H](NC(=O)c3cnn(CCOC(F)(F)F)c3)C3CCC(F)(F)CC3)nc2c1. The van der Waals surface area contributed by atoms with Crippen LogP contribution < -0.4 is 10.6 Å². The van der Waals surface area contributed by atoms with Crippen molar-refractivity contribution in [2.24, 2.45) is 5.92 Å². The van der Waals surface area contributed by atoms with Crippen molar-refractivity contribution >= 4 is 17.5 Å². The summed E-state index contributed by atoms with van der Waals surface area (Å²) in [7, 11) is 0. The van der Waals surface area contributed by atoms with E-state index in [2.05, 4.69) is 25.2 Å². The van der Waals surface area contributed by atoms with Gasteiger partial charge in [-0.2, -0.15) is 23.4 Å². The van der Waals surface area contributed by atoms with Crippen LogP contribution in [-0.4, -0.2) is 66.4 Å². The van der Waals surface area contributed by atoms with E-state index in [-0.39, 0.29) is 41.9 Å². The van der Waals surface area contributed by atoms with Crippen molar-refractivity contribution in [3.63, 3.8) is 0 Å². The van der Waals surface area contributed by atoms with Crippen LogP contribution in [0.15, 0.2) is 30.9 Å². The Hall–Kier alpha value is -3.87. The van der Waals surface area contributed by atoms with E-state index in [9.17, 15) is 49.8 Å². The maximum atomic E-state index is 13.9. The summed E-state index contributed by atoms with van der Waals surface area (Å²) in [6.07, 6.45) is -9.29. The number of fused-ring (bicyclic) bond motifs is 1. The first-order valence-electron chi connectivity index (χ1n) is 13.3. The van der Waals surface area contributed by atoms with Crippen LogP contribution in [0.4, 0.5) is 35.1 Å². The van der Waals surface area contributed by atoms with Crippen LogP contribution in [0, 0.1) is 5.92 Å². The van der Waals surface area contributed by atoms with Gasteiger partial charge in [0.25, 0.3) is 5.91 Å². The lowest BCUT2D eigenvalue weighted by Gasteiger charge is -2.33. The molecular formula is C25H27F8N7O4. The normalized spacial score (nSPS) is 17.4. The smallest absolute Gasteiger partial charge is 0.369 e. The number of aliphatic hydroxyl groups is 1. The van der Waals surface area contributed by atoms with E-state index in [1.807, 2.05) is 5.32 Å². The largest absolute Gasteiger partial charge is 0.522 e. The summed E-state index contributed by atoms with van der Waals surface area (Å²) in [6.45, 7) is -1.05. The van der Waals surface area contributed by atoms with E-state index in [0.717, 1.165) is 17.1 Å². The van der Waals surface area contributed by atoms with Crippen LogP contribution in [0.25, 0.3) is 5.65 Å². The molecule has 0 aliphatic heterocycles. The molecule has 44 heavy (non-hydrogen) atoms. The first-order valence-corrected chi connectivity index (χ1v) is 13.3. The summed E-state index contributed by atoms with van der Waals surface area (Å²) in [5.74, 6) is -5.11. The molecule has 0 aromatic carbocycles.